The molecule has 2 N–H and O–H groups in total. The first-order valence-electron chi connectivity index (χ1n) is 3.66. The SMILES string of the molecule is Cc1cnc(C(F)(F)F)cc1C(N)=O. The molecule has 0 aliphatic heterocycles. The van der Waals surface area contributed by atoms with Crippen LogP contribution in [0.3, 0.4) is 0 Å². The molecule has 14 heavy (non-hydrogen) atoms. The molecule has 1 aromatic rings. The minimum Gasteiger partial charge on any atom is -0.366 e. The van der Waals surface area contributed by atoms with E-state index >= 15 is 0 Å². The minimum absolute atomic E-state index is 0.160. The van der Waals surface area contributed by atoms with Crippen molar-refractivity contribution in [2.75, 3.05) is 0 Å². The topological polar surface area (TPSA) is 56.0 Å². The number of nitrogens with two attached hydrogens (primary N) is 1. The number of rotatable bonds is 1. The number of aryl methyl sites for hydroxylation is 1. The average molecular weight is 204 g/mol. The van der Waals surface area contributed by atoms with Crippen molar-refractivity contribution in [1.82, 2.24) is 4.98 Å². The third-order valence-corrected chi connectivity index (χ3v) is 1.66. The summed E-state index contributed by atoms with van der Waals surface area (Å²) in [7, 11) is 0. The molecule has 0 aromatic carbocycles. The molecule has 1 rings (SSSR count). The summed E-state index contributed by atoms with van der Waals surface area (Å²) in [4.78, 5) is 13.9. The van der Waals surface area contributed by atoms with Gasteiger partial charge in [0.05, 0.1) is 0 Å². The van der Waals surface area contributed by atoms with Crippen LogP contribution in [0.1, 0.15) is 21.6 Å². The summed E-state index contributed by atoms with van der Waals surface area (Å²) >= 11 is 0. The maximum atomic E-state index is 12.1. The van der Waals surface area contributed by atoms with Crippen LogP contribution < -0.4 is 5.73 Å². The fourth-order valence-electron chi connectivity index (χ4n) is 0.944. The maximum absolute atomic E-state index is 12.1. The van der Waals surface area contributed by atoms with E-state index in [1.54, 1.807) is 0 Å². The van der Waals surface area contributed by atoms with Gasteiger partial charge in [-0.25, -0.2) is 0 Å². The summed E-state index contributed by atoms with van der Waals surface area (Å²) in [6.07, 6.45) is -3.58. The highest BCUT2D eigenvalue weighted by atomic mass is 19.4. The predicted molar refractivity (Wildman–Crippen MR) is 42.5 cm³/mol. The Morgan fingerprint density at radius 1 is 1.50 bits per heavy atom. The van der Waals surface area contributed by atoms with Gasteiger partial charge in [0.25, 0.3) is 0 Å². The second kappa shape index (κ2) is 3.28. The van der Waals surface area contributed by atoms with E-state index in [2.05, 4.69) is 4.98 Å². The van der Waals surface area contributed by atoms with Gasteiger partial charge in [-0.3, -0.25) is 9.78 Å². The number of hydrogen-bond acceptors (Lipinski definition) is 2. The smallest absolute Gasteiger partial charge is 0.366 e. The molecule has 0 radical (unpaired) electrons. The zero-order valence-electron chi connectivity index (χ0n) is 7.22. The molecule has 6 heteroatoms. The van der Waals surface area contributed by atoms with Gasteiger partial charge in [0, 0.05) is 11.8 Å². The summed E-state index contributed by atoms with van der Waals surface area (Å²) in [6.45, 7) is 1.47. The first-order chi connectivity index (χ1) is 6.32. The van der Waals surface area contributed by atoms with Crippen LogP contribution in [0.25, 0.3) is 0 Å². The van der Waals surface area contributed by atoms with E-state index in [0.29, 0.717) is 11.6 Å². The van der Waals surface area contributed by atoms with E-state index in [9.17, 15) is 18.0 Å². The van der Waals surface area contributed by atoms with Crippen molar-refractivity contribution in [3.05, 3.63) is 29.1 Å². The summed E-state index contributed by atoms with van der Waals surface area (Å²) in [5.74, 6) is -0.893. The zero-order chi connectivity index (χ0) is 10.9. The van der Waals surface area contributed by atoms with Gasteiger partial charge in [-0.2, -0.15) is 13.2 Å². The molecule has 0 fully saturated rings. The van der Waals surface area contributed by atoms with Crippen molar-refractivity contribution in [2.45, 2.75) is 13.1 Å². The van der Waals surface area contributed by atoms with Gasteiger partial charge in [0.1, 0.15) is 5.69 Å². The molecule has 0 bridgehead atoms. The Morgan fingerprint density at radius 2 is 2.07 bits per heavy atom. The van der Waals surface area contributed by atoms with E-state index in [1.807, 2.05) is 0 Å². The number of pyridine rings is 1. The lowest BCUT2D eigenvalue weighted by atomic mass is 10.1. The third kappa shape index (κ3) is 2.01. The molecule has 0 saturated heterocycles. The van der Waals surface area contributed by atoms with Gasteiger partial charge in [0.15, 0.2) is 0 Å². The quantitative estimate of drug-likeness (QED) is 0.753. The average Bonchev–Trinajstić information content (AvgIpc) is 2.02. The molecule has 0 aliphatic rings. The van der Waals surface area contributed by atoms with Crippen molar-refractivity contribution >= 4 is 5.91 Å². The Bertz CT molecular complexity index is 373. The van der Waals surface area contributed by atoms with E-state index in [1.165, 1.54) is 6.92 Å². The highest BCUT2D eigenvalue weighted by Gasteiger charge is 2.33. The fourth-order valence-corrected chi connectivity index (χ4v) is 0.944. The van der Waals surface area contributed by atoms with Crippen LogP contribution in [0.4, 0.5) is 13.2 Å². The summed E-state index contributed by atoms with van der Waals surface area (Å²) in [5.41, 5.74) is 3.94. The Balaban J connectivity index is 3.27. The molecule has 1 amide bonds. The number of halogens is 3. The summed E-state index contributed by atoms with van der Waals surface area (Å²) in [5, 5.41) is 0. The molecule has 0 saturated carbocycles. The van der Waals surface area contributed by atoms with E-state index in [0.717, 1.165) is 6.20 Å². The highest BCUT2D eigenvalue weighted by molar-refractivity contribution is 5.94. The normalized spacial score (nSPS) is 11.4. The molecule has 0 aliphatic carbocycles. The van der Waals surface area contributed by atoms with Crippen molar-refractivity contribution in [3.63, 3.8) is 0 Å². The van der Waals surface area contributed by atoms with Gasteiger partial charge in [-0.15, -0.1) is 0 Å². The predicted octanol–water partition coefficient (Wildman–Crippen LogP) is 1.51. The fraction of sp³-hybridized carbons (Fsp3) is 0.250. The number of hydrogen-bond donors (Lipinski definition) is 1. The van der Waals surface area contributed by atoms with Crippen LogP contribution in [0.5, 0.6) is 0 Å². The van der Waals surface area contributed by atoms with Crippen molar-refractivity contribution in [2.24, 2.45) is 5.73 Å². The molecule has 0 atom stereocenters. The standard InChI is InChI=1S/C8H7F3N2O/c1-4-3-13-6(8(9,10)11)2-5(4)7(12)14/h2-3H,1H3,(H2,12,14). The van der Waals surface area contributed by atoms with Crippen LogP contribution >= 0.6 is 0 Å². The highest BCUT2D eigenvalue weighted by Crippen LogP contribution is 2.28. The van der Waals surface area contributed by atoms with E-state index in [-0.39, 0.29) is 5.56 Å². The van der Waals surface area contributed by atoms with E-state index in [4.69, 9.17) is 5.73 Å². The zero-order valence-corrected chi connectivity index (χ0v) is 7.22. The Labute approximate surface area is 77.7 Å². The first-order valence-corrected chi connectivity index (χ1v) is 3.66. The van der Waals surface area contributed by atoms with Crippen molar-refractivity contribution in [3.8, 4) is 0 Å². The lowest BCUT2D eigenvalue weighted by Crippen LogP contribution is -2.16. The lowest BCUT2D eigenvalue weighted by molar-refractivity contribution is -0.141. The number of alkyl halides is 3. The second-order valence-electron chi connectivity index (χ2n) is 2.75. The summed E-state index contributed by atoms with van der Waals surface area (Å²) < 4.78 is 36.4. The molecule has 0 spiro atoms. The third-order valence-electron chi connectivity index (χ3n) is 1.66. The number of aromatic nitrogens is 1. The minimum atomic E-state index is -4.56. The second-order valence-corrected chi connectivity index (χ2v) is 2.75. The Kier molecular flexibility index (Phi) is 2.46. The number of carbonyl (C=O) groups is 1. The van der Waals surface area contributed by atoms with Gasteiger partial charge < -0.3 is 5.73 Å². The number of carbonyl (C=O) groups excluding carboxylic acids is 1. The van der Waals surface area contributed by atoms with Crippen LogP contribution in [0.2, 0.25) is 0 Å². The van der Waals surface area contributed by atoms with Gasteiger partial charge >= 0.3 is 6.18 Å². The van der Waals surface area contributed by atoms with Crippen molar-refractivity contribution < 1.29 is 18.0 Å². The van der Waals surface area contributed by atoms with Crippen LogP contribution in [0, 0.1) is 6.92 Å². The maximum Gasteiger partial charge on any atom is 0.433 e. The molecule has 0 unspecified atom stereocenters. The number of nitrogens with zero attached hydrogens (tertiary/aromatic N) is 1. The molecule has 76 valence electrons. The largest absolute Gasteiger partial charge is 0.433 e. The molecule has 1 heterocycles. The molecular formula is C8H7F3N2O. The number of primary amides is 1. The monoisotopic (exact) mass is 204 g/mol. The first kappa shape index (κ1) is 10.5. The van der Waals surface area contributed by atoms with Crippen LogP contribution in [-0.2, 0) is 6.18 Å². The molecule has 3 nitrogen and oxygen atoms in total. The van der Waals surface area contributed by atoms with Crippen LogP contribution in [-0.4, -0.2) is 10.9 Å². The van der Waals surface area contributed by atoms with Gasteiger partial charge in [-0.1, -0.05) is 0 Å². The lowest BCUT2D eigenvalue weighted by Gasteiger charge is -2.07. The van der Waals surface area contributed by atoms with E-state index < -0.39 is 17.8 Å². The van der Waals surface area contributed by atoms with Crippen LogP contribution in [0.15, 0.2) is 12.3 Å². The molecule has 1 aromatic heterocycles. The Hall–Kier alpha value is -1.59. The van der Waals surface area contributed by atoms with Gasteiger partial charge in [0.2, 0.25) is 5.91 Å². The summed E-state index contributed by atoms with van der Waals surface area (Å²) in [6, 6.07) is 0.650. The van der Waals surface area contributed by atoms with Crippen molar-refractivity contribution in [1.29, 1.82) is 0 Å². The van der Waals surface area contributed by atoms with Gasteiger partial charge in [-0.05, 0) is 18.6 Å². The Morgan fingerprint density at radius 3 is 2.50 bits per heavy atom. The number of amides is 1. The molecular weight excluding hydrogens is 197 g/mol.